The molecule has 2 aliphatic rings. The SMILES string of the molecule is c1ccc(-c2ccc(-n3c4ccc(-c5ccc6c(c5)-c5ccccc5C6c5cccc6ccccc56)cc4c4ccc5c(c43)-c3ccccc3C5(c3ccccc3)c3ccccc3)cc2)cc1. The summed E-state index contributed by atoms with van der Waals surface area (Å²) in [7, 11) is 0. The van der Waals surface area contributed by atoms with E-state index in [1.807, 2.05) is 0 Å². The summed E-state index contributed by atoms with van der Waals surface area (Å²) < 4.78 is 2.54. The summed E-state index contributed by atoms with van der Waals surface area (Å²) in [5, 5.41) is 5.09. The molecule has 12 aromatic rings. The maximum absolute atomic E-state index is 2.54. The third-order valence-electron chi connectivity index (χ3n) is 15.0. The highest BCUT2D eigenvalue weighted by Gasteiger charge is 2.47. The van der Waals surface area contributed by atoms with E-state index in [-0.39, 0.29) is 5.92 Å². The van der Waals surface area contributed by atoms with Crippen LogP contribution in [0.4, 0.5) is 0 Å². The Morgan fingerprint density at radius 1 is 0.328 bits per heavy atom. The smallest absolute Gasteiger partial charge is 0.0714 e. The predicted octanol–water partition coefficient (Wildman–Crippen LogP) is 16.8. The van der Waals surface area contributed by atoms with Crippen LogP contribution in [-0.4, -0.2) is 4.57 Å². The summed E-state index contributed by atoms with van der Waals surface area (Å²) in [6.07, 6.45) is 0. The number of hydrogen-bond acceptors (Lipinski definition) is 0. The van der Waals surface area contributed by atoms with Crippen molar-refractivity contribution in [1.82, 2.24) is 4.57 Å². The van der Waals surface area contributed by atoms with Gasteiger partial charge in [0.05, 0.1) is 16.4 Å². The standard InChI is InChI=1S/C66H43N/c1-4-17-43(18-5-1)44-31-35-50(36-32-44)67-62-40-34-47(46-33-37-55-58(41-46)52-26-12-13-27-54(52)63(55)53-29-16-20-45-19-10-11-25-51(45)53)42-59(62)56-38-39-61-64(65(56)67)57-28-14-15-30-60(57)66(61,48-21-6-2-7-22-48)49-23-8-3-9-24-49/h1-42,63H. The lowest BCUT2D eigenvalue weighted by atomic mass is 9.67. The van der Waals surface area contributed by atoms with Gasteiger partial charge in [-0.2, -0.15) is 0 Å². The second-order valence-corrected chi connectivity index (χ2v) is 18.3. The molecule has 0 fully saturated rings. The molecule has 0 saturated carbocycles. The van der Waals surface area contributed by atoms with Crippen molar-refractivity contribution in [3.05, 3.63) is 294 Å². The molecule has 11 aromatic carbocycles. The molecule has 312 valence electrons. The zero-order valence-corrected chi connectivity index (χ0v) is 36.8. The highest BCUT2D eigenvalue weighted by molar-refractivity contribution is 6.17. The van der Waals surface area contributed by atoms with Crippen LogP contribution in [0.1, 0.15) is 44.9 Å². The lowest BCUT2D eigenvalue weighted by Gasteiger charge is -2.33. The maximum Gasteiger partial charge on any atom is 0.0714 e. The molecule has 67 heavy (non-hydrogen) atoms. The van der Waals surface area contributed by atoms with Gasteiger partial charge in [0.15, 0.2) is 0 Å². The van der Waals surface area contributed by atoms with Crippen LogP contribution in [0.2, 0.25) is 0 Å². The lowest BCUT2D eigenvalue weighted by Crippen LogP contribution is -2.28. The minimum Gasteiger partial charge on any atom is -0.309 e. The number of rotatable bonds is 6. The van der Waals surface area contributed by atoms with E-state index in [0.29, 0.717) is 0 Å². The zero-order valence-electron chi connectivity index (χ0n) is 36.8. The van der Waals surface area contributed by atoms with Crippen LogP contribution in [0.15, 0.2) is 255 Å². The zero-order chi connectivity index (χ0) is 44.1. The highest BCUT2D eigenvalue weighted by Crippen LogP contribution is 2.59. The molecule has 0 saturated heterocycles. The van der Waals surface area contributed by atoms with Crippen molar-refractivity contribution >= 4 is 32.6 Å². The monoisotopic (exact) mass is 849 g/mol. The fourth-order valence-electron chi connectivity index (χ4n) is 12.1. The van der Waals surface area contributed by atoms with Gasteiger partial charge >= 0.3 is 0 Å². The Hall–Kier alpha value is -8.52. The summed E-state index contributed by atoms with van der Waals surface area (Å²) in [6, 6.07) is 95.1. The van der Waals surface area contributed by atoms with E-state index in [2.05, 4.69) is 259 Å². The van der Waals surface area contributed by atoms with Crippen LogP contribution in [0, 0.1) is 0 Å². The Balaban J connectivity index is 1.01. The molecular weight excluding hydrogens is 807 g/mol. The molecule has 0 spiro atoms. The van der Waals surface area contributed by atoms with Gasteiger partial charge in [0.25, 0.3) is 0 Å². The Kier molecular flexibility index (Phi) is 8.33. The van der Waals surface area contributed by atoms with Gasteiger partial charge in [0, 0.05) is 27.9 Å². The van der Waals surface area contributed by atoms with Crippen molar-refractivity contribution in [3.8, 4) is 50.2 Å². The van der Waals surface area contributed by atoms with E-state index in [4.69, 9.17) is 0 Å². The Morgan fingerprint density at radius 2 is 0.910 bits per heavy atom. The molecule has 0 N–H and O–H groups in total. The second-order valence-electron chi connectivity index (χ2n) is 18.3. The number of benzene rings is 11. The van der Waals surface area contributed by atoms with Gasteiger partial charge in [-0.1, -0.05) is 224 Å². The molecule has 1 unspecified atom stereocenters. The first kappa shape index (κ1) is 37.8. The number of nitrogens with zero attached hydrogens (tertiary/aromatic N) is 1. The first-order valence-corrected chi connectivity index (χ1v) is 23.5. The van der Waals surface area contributed by atoms with Gasteiger partial charge in [0.2, 0.25) is 0 Å². The average Bonchev–Trinajstić information content (AvgIpc) is 4.03. The van der Waals surface area contributed by atoms with Crippen LogP contribution in [0.3, 0.4) is 0 Å². The predicted molar refractivity (Wildman–Crippen MR) is 279 cm³/mol. The fraction of sp³-hybridized carbons (Fsp3) is 0.0303. The van der Waals surface area contributed by atoms with Gasteiger partial charge in [-0.05, 0) is 119 Å². The van der Waals surface area contributed by atoms with Crippen LogP contribution < -0.4 is 0 Å². The maximum atomic E-state index is 2.54. The fourth-order valence-corrected chi connectivity index (χ4v) is 12.1. The molecule has 0 aliphatic heterocycles. The molecular formula is C66H43N. The van der Waals surface area contributed by atoms with Crippen LogP contribution in [0.25, 0.3) is 82.8 Å². The first-order chi connectivity index (χ1) is 33.3. The van der Waals surface area contributed by atoms with Crippen molar-refractivity contribution in [1.29, 1.82) is 0 Å². The molecule has 1 nitrogen and oxygen atoms in total. The largest absolute Gasteiger partial charge is 0.309 e. The quantitative estimate of drug-likeness (QED) is 0.157. The van der Waals surface area contributed by atoms with E-state index in [1.54, 1.807) is 0 Å². The van der Waals surface area contributed by atoms with Crippen molar-refractivity contribution in [3.63, 3.8) is 0 Å². The summed E-state index contributed by atoms with van der Waals surface area (Å²) in [5.41, 5.74) is 22.4. The summed E-state index contributed by atoms with van der Waals surface area (Å²) >= 11 is 0. The van der Waals surface area contributed by atoms with Crippen molar-refractivity contribution < 1.29 is 0 Å². The van der Waals surface area contributed by atoms with Gasteiger partial charge in [-0.3, -0.25) is 0 Å². The summed E-state index contributed by atoms with van der Waals surface area (Å²) in [6.45, 7) is 0. The molecule has 1 aromatic heterocycles. The number of fused-ring (bicyclic) bond motifs is 11. The lowest BCUT2D eigenvalue weighted by molar-refractivity contribution is 0.769. The van der Waals surface area contributed by atoms with Crippen LogP contribution in [0.5, 0.6) is 0 Å². The van der Waals surface area contributed by atoms with E-state index < -0.39 is 5.41 Å². The van der Waals surface area contributed by atoms with Crippen molar-refractivity contribution in [2.45, 2.75) is 11.3 Å². The third-order valence-corrected chi connectivity index (χ3v) is 15.0. The average molecular weight is 850 g/mol. The first-order valence-electron chi connectivity index (χ1n) is 23.5. The van der Waals surface area contributed by atoms with E-state index in [0.717, 1.165) is 5.69 Å². The van der Waals surface area contributed by atoms with Crippen molar-refractivity contribution in [2.24, 2.45) is 0 Å². The molecule has 2 aliphatic carbocycles. The minimum absolute atomic E-state index is 0.170. The topological polar surface area (TPSA) is 4.93 Å². The van der Waals surface area contributed by atoms with Crippen LogP contribution in [-0.2, 0) is 5.41 Å². The molecule has 1 heteroatoms. The van der Waals surface area contributed by atoms with E-state index >= 15 is 0 Å². The molecule has 0 bridgehead atoms. The Morgan fingerprint density at radius 3 is 1.70 bits per heavy atom. The summed E-state index contributed by atoms with van der Waals surface area (Å²) in [4.78, 5) is 0. The van der Waals surface area contributed by atoms with Crippen LogP contribution >= 0.6 is 0 Å². The molecule has 0 radical (unpaired) electrons. The van der Waals surface area contributed by atoms with Gasteiger partial charge in [-0.25, -0.2) is 0 Å². The number of aromatic nitrogens is 1. The molecule has 14 rings (SSSR count). The highest BCUT2D eigenvalue weighted by atomic mass is 15.0. The second kappa shape index (κ2) is 14.8. The van der Waals surface area contributed by atoms with Crippen molar-refractivity contribution in [2.75, 3.05) is 0 Å². The molecule has 1 heterocycles. The number of hydrogen-bond donors (Lipinski definition) is 0. The van der Waals surface area contributed by atoms with E-state index in [1.165, 1.54) is 116 Å². The molecule has 1 atom stereocenters. The normalized spacial score (nSPS) is 14.2. The Labute approximate surface area is 390 Å². The van der Waals surface area contributed by atoms with Gasteiger partial charge < -0.3 is 4.57 Å². The Bertz CT molecular complexity index is 3850. The summed E-state index contributed by atoms with van der Waals surface area (Å²) in [5.74, 6) is 0.170. The van der Waals surface area contributed by atoms with Gasteiger partial charge in [0.1, 0.15) is 0 Å². The minimum atomic E-state index is -0.503. The van der Waals surface area contributed by atoms with Gasteiger partial charge in [-0.15, -0.1) is 0 Å². The third kappa shape index (κ3) is 5.49. The molecule has 0 amide bonds. The van der Waals surface area contributed by atoms with E-state index in [9.17, 15) is 0 Å².